The number of carbonyl (C=O) groups is 1. The summed E-state index contributed by atoms with van der Waals surface area (Å²) in [4.78, 5) is 15.7. The minimum Gasteiger partial charge on any atom is -0.391 e. The van der Waals surface area contributed by atoms with E-state index in [4.69, 9.17) is 5.73 Å². The van der Waals surface area contributed by atoms with Crippen LogP contribution in [0.3, 0.4) is 0 Å². The lowest BCUT2D eigenvalue weighted by molar-refractivity contribution is 0.0897. The van der Waals surface area contributed by atoms with E-state index in [0.717, 1.165) is 17.8 Å². The highest BCUT2D eigenvalue weighted by atomic mass is 32.1. The number of aromatic nitrogens is 1. The van der Waals surface area contributed by atoms with Crippen molar-refractivity contribution >= 4 is 17.2 Å². The summed E-state index contributed by atoms with van der Waals surface area (Å²) in [6, 6.07) is 0. The SMILES string of the molecule is NCc1nc(C(=O)NCC(O)C2CC2)cs1. The predicted molar refractivity (Wildman–Crippen MR) is 61.1 cm³/mol. The van der Waals surface area contributed by atoms with Gasteiger partial charge in [0.25, 0.3) is 5.91 Å². The first-order chi connectivity index (χ1) is 7.70. The molecule has 1 aliphatic carbocycles. The lowest BCUT2D eigenvalue weighted by Gasteiger charge is -2.09. The third kappa shape index (κ3) is 2.78. The van der Waals surface area contributed by atoms with E-state index in [2.05, 4.69) is 10.3 Å². The number of aliphatic hydroxyl groups is 1. The van der Waals surface area contributed by atoms with Crippen LogP contribution in [0.4, 0.5) is 0 Å². The number of nitrogens with zero attached hydrogens (tertiary/aromatic N) is 1. The van der Waals surface area contributed by atoms with Crippen LogP contribution in [0.1, 0.15) is 28.3 Å². The van der Waals surface area contributed by atoms with Crippen molar-refractivity contribution in [2.24, 2.45) is 11.7 Å². The fourth-order valence-corrected chi connectivity index (χ4v) is 2.10. The number of nitrogens with two attached hydrogens (primary N) is 1. The van der Waals surface area contributed by atoms with Crippen LogP contribution in [0.2, 0.25) is 0 Å². The largest absolute Gasteiger partial charge is 0.391 e. The smallest absolute Gasteiger partial charge is 0.270 e. The number of thiazole rings is 1. The Kier molecular flexibility index (Phi) is 3.52. The fourth-order valence-electron chi connectivity index (χ4n) is 1.44. The molecule has 1 unspecified atom stereocenters. The van der Waals surface area contributed by atoms with E-state index < -0.39 is 6.10 Å². The molecule has 1 fully saturated rings. The van der Waals surface area contributed by atoms with E-state index in [1.807, 2.05) is 0 Å². The van der Waals surface area contributed by atoms with Crippen molar-refractivity contribution in [2.45, 2.75) is 25.5 Å². The quantitative estimate of drug-likeness (QED) is 0.682. The Morgan fingerprint density at radius 3 is 3.06 bits per heavy atom. The molecule has 0 radical (unpaired) electrons. The standard InChI is InChI=1S/C10H15N3O2S/c11-3-9-13-7(5-16-9)10(15)12-4-8(14)6-1-2-6/h5-6,8,14H,1-4,11H2,(H,12,15). The molecule has 4 N–H and O–H groups in total. The van der Waals surface area contributed by atoms with E-state index in [9.17, 15) is 9.90 Å². The predicted octanol–water partition coefficient (Wildman–Crippen LogP) is 0.102. The maximum absolute atomic E-state index is 11.6. The second-order valence-electron chi connectivity index (χ2n) is 3.95. The minimum atomic E-state index is -0.420. The lowest BCUT2D eigenvalue weighted by Crippen LogP contribution is -2.33. The van der Waals surface area contributed by atoms with Gasteiger partial charge in [0.1, 0.15) is 10.7 Å². The Morgan fingerprint density at radius 1 is 1.75 bits per heavy atom. The summed E-state index contributed by atoms with van der Waals surface area (Å²) in [6.45, 7) is 0.654. The molecular formula is C10H15N3O2S. The number of hydrogen-bond donors (Lipinski definition) is 3. The van der Waals surface area contributed by atoms with E-state index >= 15 is 0 Å². The van der Waals surface area contributed by atoms with E-state index in [-0.39, 0.29) is 5.91 Å². The van der Waals surface area contributed by atoms with Crippen LogP contribution in [0.15, 0.2) is 5.38 Å². The Bertz CT molecular complexity index is 376. The molecule has 1 atom stereocenters. The Balaban J connectivity index is 1.82. The summed E-state index contributed by atoms with van der Waals surface area (Å²) in [5, 5.41) is 14.7. The van der Waals surface area contributed by atoms with Crippen molar-refractivity contribution in [2.75, 3.05) is 6.54 Å². The third-order valence-electron chi connectivity index (χ3n) is 2.60. The zero-order valence-corrected chi connectivity index (χ0v) is 9.67. The number of amides is 1. The lowest BCUT2D eigenvalue weighted by atomic mass is 10.2. The van der Waals surface area contributed by atoms with Crippen molar-refractivity contribution in [3.8, 4) is 0 Å². The van der Waals surface area contributed by atoms with Crippen LogP contribution < -0.4 is 11.1 Å². The van der Waals surface area contributed by atoms with E-state index in [1.165, 1.54) is 11.3 Å². The Hall–Kier alpha value is -0.980. The van der Waals surface area contributed by atoms with Gasteiger partial charge in [-0.2, -0.15) is 0 Å². The normalized spacial score (nSPS) is 17.1. The molecule has 1 heterocycles. The van der Waals surface area contributed by atoms with Gasteiger partial charge < -0.3 is 16.2 Å². The van der Waals surface area contributed by atoms with Gasteiger partial charge in [-0.1, -0.05) is 0 Å². The molecule has 0 bridgehead atoms. The molecule has 2 rings (SSSR count). The van der Waals surface area contributed by atoms with Gasteiger partial charge in [-0.15, -0.1) is 11.3 Å². The Morgan fingerprint density at radius 2 is 2.50 bits per heavy atom. The number of nitrogens with one attached hydrogen (secondary N) is 1. The first-order valence-electron chi connectivity index (χ1n) is 5.31. The van der Waals surface area contributed by atoms with E-state index in [0.29, 0.717) is 24.7 Å². The first-order valence-corrected chi connectivity index (χ1v) is 6.19. The van der Waals surface area contributed by atoms with Gasteiger partial charge >= 0.3 is 0 Å². The van der Waals surface area contributed by atoms with Crippen molar-refractivity contribution < 1.29 is 9.90 Å². The molecule has 0 saturated heterocycles. The maximum Gasteiger partial charge on any atom is 0.270 e. The zero-order valence-electron chi connectivity index (χ0n) is 8.85. The first kappa shape index (κ1) is 11.5. The van der Waals surface area contributed by atoms with Crippen LogP contribution in [0.5, 0.6) is 0 Å². The van der Waals surface area contributed by atoms with Gasteiger partial charge in [0.15, 0.2) is 0 Å². The van der Waals surface area contributed by atoms with Gasteiger partial charge in [0, 0.05) is 18.5 Å². The second-order valence-corrected chi connectivity index (χ2v) is 4.89. The van der Waals surface area contributed by atoms with Crippen molar-refractivity contribution in [3.05, 3.63) is 16.1 Å². The summed E-state index contributed by atoms with van der Waals surface area (Å²) >= 11 is 1.37. The second kappa shape index (κ2) is 4.90. The molecule has 88 valence electrons. The molecule has 1 aromatic rings. The Labute approximate surface area is 97.7 Å². The summed E-state index contributed by atoms with van der Waals surface area (Å²) in [7, 11) is 0. The van der Waals surface area contributed by atoms with Crippen LogP contribution in [-0.4, -0.2) is 28.6 Å². The summed E-state index contributed by atoms with van der Waals surface area (Å²) < 4.78 is 0. The van der Waals surface area contributed by atoms with Crippen molar-refractivity contribution in [3.63, 3.8) is 0 Å². The topological polar surface area (TPSA) is 88.2 Å². The average Bonchev–Trinajstić information content (AvgIpc) is 3.03. The highest BCUT2D eigenvalue weighted by Crippen LogP contribution is 2.32. The van der Waals surface area contributed by atoms with Crippen LogP contribution in [-0.2, 0) is 6.54 Å². The van der Waals surface area contributed by atoms with E-state index in [1.54, 1.807) is 5.38 Å². The molecule has 1 saturated carbocycles. The molecule has 0 aromatic carbocycles. The third-order valence-corrected chi connectivity index (χ3v) is 3.47. The van der Waals surface area contributed by atoms with Crippen molar-refractivity contribution in [1.29, 1.82) is 0 Å². The summed E-state index contributed by atoms with van der Waals surface area (Å²) in [5.74, 6) is 0.131. The average molecular weight is 241 g/mol. The van der Waals surface area contributed by atoms with Gasteiger partial charge in [-0.25, -0.2) is 4.98 Å². The number of hydrogen-bond acceptors (Lipinski definition) is 5. The highest BCUT2D eigenvalue weighted by molar-refractivity contribution is 7.09. The van der Waals surface area contributed by atoms with Gasteiger partial charge in [-0.05, 0) is 18.8 Å². The maximum atomic E-state index is 11.6. The molecule has 5 nitrogen and oxygen atoms in total. The summed E-state index contributed by atoms with van der Waals surface area (Å²) in [6.07, 6.45) is 1.70. The molecule has 1 aromatic heterocycles. The fraction of sp³-hybridized carbons (Fsp3) is 0.600. The molecule has 1 aliphatic rings. The zero-order chi connectivity index (χ0) is 11.5. The van der Waals surface area contributed by atoms with Crippen LogP contribution in [0.25, 0.3) is 0 Å². The molecule has 0 spiro atoms. The number of aliphatic hydroxyl groups excluding tert-OH is 1. The van der Waals surface area contributed by atoms with Crippen LogP contribution >= 0.6 is 11.3 Å². The summed E-state index contributed by atoms with van der Waals surface area (Å²) in [5.41, 5.74) is 5.79. The molecule has 1 amide bonds. The number of carbonyl (C=O) groups excluding carboxylic acids is 1. The van der Waals surface area contributed by atoms with Gasteiger partial charge in [0.05, 0.1) is 6.10 Å². The van der Waals surface area contributed by atoms with Crippen molar-refractivity contribution in [1.82, 2.24) is 10.3 Å². The molecular weight excluding hydrogens is 226 g/mol. The van der Waals surface area contributed by atoms with Gasteiger partial charge in [-0.3, -0.25) is 4.79 Å². The molecule has 0 aliphatic heterocycles. The molecule has 16 heavy (non-hydrogen) atoms. The monoisotopic (exact) mass is 241 g/mol. The highest BCUT2D eigenvalue weighted by Gasteiger charge is 2.29. The minimum absolute atomic E-state index is 0.240. The van der Waals surface area contributed by atoms with Crippen LogP contribution in [0, 0.1) is 5.92 Å². The van der Waals surface area contributed by atoms with Gasteiger partial charge in [0.2, 0.25) is 0 Å². The molecule has 6 heteroatoms. The number of rotatable bonds is 5.